The van der Waals surface area contributed by atoms with Crippen LogP contribution in [0.1, 0.15) is 0 Å². The van der Waals surface area contributed by atoms with Crippen molar-refractivity contribution in [2.24, 2.45) is 0 Å². The Morgan fingerprint density at radius 2 is 1.90 bits per heavy atom. The van der Waals surface area contributed by atoms with Crippen LogP contribution in [-0.2, 0) is 0 Å². The summed E-state index contributed by atoms with van der Waals surface area (Å²) in [5.41, 5.74) is 0.888. The lowest BCUT2D eigenvalue weighted by molar-refractivity contribution is 0.511. The first kappa shape index (κ1) is 12.7. The second-order valence-corrected chi connectivity index (χ2v) is 4.34. The van der Waals surface area contributed by atoms with Gasteiger partial charge in [-0.15, -0.1) is 0 Å². The maximum Gasteiger partial charge on any atom is 0.182 e. The fourth-order valence-corrected chi connectivity index (χ4v) is 1.88. The molecule has 3 rings (SSSR count). The first-order chi connectivity index (χ1) is 9.65. The van der Waals surface area contributed by atoms with E-state index in [0.717, 1.165) is 6.07 Å². The second kappa shape index (κ2) is 4.97. The molecule has 1 N–H and O–H groups in total. The Balaban J connectivity index is 2.11. The highest BCUT2D eigenvalue weighted by Gasteiger charge is 2.11. The summed E-state index contributed by atoms with van der Waals surface area (Å²) >= 11 is 5.82. The third-order valence-corrected chi connectivity index (χ3v) is 2.86. The van der Waals surface area contributed by atoms with Crippen LogP contribution in [0.15, 0.2) is 36.7 Å². The van der Waals surface area contributed by atoms with Crippen molar-refractivity contribution in [3.8, 4) is 0 Å². The van der Waals surface area contributed by atoms with E-state index in [1.54, 1.807) is 12.1 Å². The molecule has 7 heteroatoms. The minimum absolute atomic E-state index is 0.0354. The summed E-state index contributed by atoms with van der Waals surface area (Å²) in [6.45, 7) is 0. The first-order valence-electron chi connectivity index (χ1n) is 5.63. The summed E-state index contributed by atoms with van der Waals surface area (Å²) in [6.07, 6.45) is 1.30. The Bertz CT molecular complexity index is 794. The Labute approximate surface area is 117 Å². The monoisotopic (exact) mass is 292 g/mol. The predicted molar refractivity (Wildman–Crippen MR) is 72.0 cm³/mol. The van der Waals surface area contributed by atoms with Crippen LogP contribution in [0.5, 0.6) is 0 Å². The molecule has 0 saturated carbocycles. The van der Waals surface area contributed by atoms with E-state index in [-0.39, 0.29) is 16.7 Å². The van der Waals surface area contributed by atoms with Crippen molar-refractivity contribution in [2.45, 2.75) is 0 Å². The van der Waals surface area contributed by atoms with Crippen LogP contribution in [0, 0.1) is 11.6 Å². The van der Waals surface area contributed by atoms with Gasteiger partial charge < -0.3 is 5.32 Å². The topological polar surface area (TPSA) is 50.7 Å². The number of anilines is 2. The summed E-state index contributed by atoms with van der Waals surface area (Å²) in [6, 6.07) is 7.08. The molecule has 1 aromatic carbocycles. The SMILES string of the molecule is Fc1cccc(Nc2ncnc3ccc(Cl)nc23)c1F. The van der Waals surface area contributed by atoms with Gasteiger partial charge in [0, 0.05) is 0 Å². The second-order valence-electron chi connectivity index (χ2n) is 3.95. The van der Waals surface area contributed by atoms with Gasteiger partial charge in [0.1, 0.15) is 17.0 Å². The number of fused-ring (bicyclic) bond motifs is 1. The molecule has 0 aliphatic rings. The summed E-state index contributed by atoms with van der Waals surface area (Å²) in [5.74, 6) is -1.68. The lowest BCUT2D eigenvalue weighted by Crippen LogP contribution is -2.00. The van der Waals surface area contributed by atoms with Gasteiger partial charge in [-0.05, 0) is 24.3 Å². The zero-order valence-electron chi connectivity index (χ0n) is 9.94. The van der Waals surface area contributed by atoms with Crippen molar-refractivity contribution in [1.29, 1.82) is 0 Å². The maximum absolute atomic E-state index is 13.6. The average Bonchev–Trinajstić information content (AvgIpc) is 2.44. The zero-order valence-corrected chi connectivity index (χ0v) is 10.7. The lowest BCUT2D eigenvalue weighted by atomic mass is 10.3. The molecular weight excluding hydrogens is 286 g/mol. The fourth-order valence-electron chi connectivity index (χ4n) is 1.74. The molecular formula is C13H7ClF2N4. The van der Waals surface area contributed by atoms with Gasteiger partial charge in [0.05, 0.1) is 11.2 Å². The van der Waals surface area contributed by atoms with Crippen LogP contribution >= 0.6 is 11.6 Å². The van der Waals surface area contributed by atoms with Crippen molar-refractivity contribution in [3.05, 3.63) is 53.4 Å². The maximum atomic E-state index is 13.6. The van der Waals surface area contributed by atoms with Crippen LogP contribution in [0.4, 0.5) is 20.3 Å². The van der Waals surface area contributed by atoms with Gasteiger partial charge in [-0.25, -0.2) is 23.7 Å². The number of nitrogens with one attached hydrogen (secondary N) is 1. The quantitative estimate of drug-likeness (QED) is 0.732. The van der Waals surface area contributed by atoms with E-state index in [9.17, 15) is 8.78 Å². The van der Waals surface area contributed by atoms with E-state index in [4.69, 9.17) is 11.6 Å². The Hall–Kier alpha value is -2.34. The van der Waals surface area contributed by atoms with E-state index in [0.29, 0.717) is 11.0 Å². The Kier molecular flexibility index (Phi) is 3.15. The Morgan fingerprint density at radius 3 is 2.75 bits per heavy atom. The molecule has 2 heterocycles. The number of benzene rings is 1. The van der Waals surface area contributed by atoms with Crippen molar-refractivity contribution in [1.82, 2.24) is 15.0 Å². The van der Waals surface area contributed by atoms with Gasteiger partial charge in [-0.3, -0.25) is 0 Å². The molecule has 100 valence electrons. The van der Waals surface area contributed by atoms with Gasteiger partial charge in [0.15, 0.2) is 17.5 Å². The normalized spacial score (nSPS) is 10.8. The van der Waals surface area contributed by atoms with Crippen molar-refractivity contribution in [2.75, 3.05) is 5.32 Å². The smallest absolute Gasteiger partial charge is 0.182 e. The largest absolute Gasteiger partial charge is 0.336 e. The van der Waals surface area contributed by atoms with Crippen LogP contribution < -0.4 is 5.32 Å². The standard InChI is InChI=1S/C13H7ClF2N4/c14-10-5-4-9-12(20-10)13(18-6-17-9)19-8-3-1-2-7(15)11(8)16/h1-6H,(H,17,18,19). The van der Waals surface area contributed by atoms with E-state index in [1.807, 2.05) is 0 Å². The number of rotatable bonds is 2. The molecule has 20 heavy (non-hydrogen) atoms. The van der Waals surface area contributed by atoms with Crippen LogP contribution in [-0.4, -0.2) is 15.0 Å². The third-order valence-electron chi connectivity index (χ3n) is 2.65. The van der Waals surface area contributed by atoms with Gasteiger partial charge in [0.2, 0.25) is 0 Å². The minimum atomic E-state index is -0.985. The van der Waals surface area contributed by atoms with Gasteiger partial charge >= 0.3 is 0 Å². The summed E-state index contributed by atoms with van der Waals surface area (Å²) in [4.78, 5) is 12.1. The van der Waals surface area contributed by atoms with Gasteiger partial charge in [-0.1, -0.05) is 17.7 Å². The number of pyridine rings is 1. The molecule has 4 nitrogen and oxygen atoms in total. The van der Waals surface area contributed by atoms with Crippen molar-refractivity contribution < 1.29 is 8.78 Å². The van der Waals surface area contributed by atoms with Crippen molar-refractivity contribution >= 4 is 34.1 Å². The van der Waals surface area contributed by atoms with Crippen molar-refractivity contribution in [3.63, 3.8) is 0 Å². The number of halogens is 3. The van der Waals surface area contributed by atoms with Crippen LogP contribution in [0.2, 0.25) is 5.15 Å². The molecule has 0 amide bonds. The number of hydrogen-bond acceptors (Lipinski definition) is 4. The molecule has 0 unspecified atom stereocenters. The lowest BCUT2D eigenvalue weighted by Gasteiger charge is -2.08. The molecule has 3 aromatic rings. The molecule has 0 aliphatic carbocycles. The highest BCUT2D eigenvalue weighted by atomic mass is 35.5. The summed E-state index contributed by atoms with van der Waals surface area (Å²) in [7, 11) is 0. The molecule has 2 aromatic heterocycles. The number of nitrogens with zero attached hydrogens (tertiary/aromatic N) is 3. The van der Waals surface area contributed by atoms with Crippen LogP contribution in [0.3, 0.4) is 0 Å². The highest BCUT2D eigenvalue weighted by Crippen LogP contribution is 2.25. The van der Waals surface area contributed by atoms with E-state index >= 15 is 0 Å². The van der Waals surface area contributed by atoms with Gasteiger partial charge in [0.25, 0.3) is 0 Å². The van der Waals surface area contributed by atoms with E-state index in [2.05, 4.69) is 20.3 Å². The van der Waals surface area contributed by atoms with Crippen LogP contribution in [0.25, 0.3) is 11.0 Å². The fraction of sp³-hybridized carbons (Fsp3) is 0. The first-order valence-corrected chi connectivity index (χ1v) is 6.01. The summed E-state index contributed by atoms with van der Waals surface area (Å²) in [5, 5.41) is 2.96. The molecule has 0 saturated heterocycles. The Morgan fingerprint density at radius 1 is 1.05 bits per heavy atom. The van der Waals surface area contributed by atoms with E-state index < -0.39 is 11.6 Å². The predicted octanol–water partition coefficient (Wildman–Crippen LogP) is 3.70. The van der Waals surface area contributed by atoms with E-state index in [1.165, 1.54) is 18.5 Å². The minimum Gasteiger partial charge on any atom is -0.336 e. The molecule has 0 aliphatic heterocycles. The highest BCUT2D eigenvalue weighted by molar-refractivity contribution is 6.29. The third kappa shape index (κ3) is 2.25. The van der Waals surface area contributed by atoms with Gasteiger partial charge in [-0.2, -0.15) is 0 Å². The molecule has 0 fully saturated rings. The molecule has 0 atom stereocenters. The molecule has 0 spiro atoms. The number of aromatic nitrogens is 3. The molecule has 0 radical (unpaired) electrons. The summed E-state index contributed by atoms with van der Waals surface area (Å²) < 4.78 is 26.8. The number of hydrogen-bond donors (Lipinski definition) is 1. The molecule has 0 bridgehead atoms. The zero-order chi connectivity index (χ0) is 14.1. The average molecular weight is 293 g/mol.